The number of aromatic nitrogens is 4. The largest absolute Gasteiger partial charge is 0.378 e. The fraction of sp³-hybridized carbons (Fsp3) is 0.133. The average Bonchev–Trinajstić information content (AvgIpc) is 3.02. The summed E-state index contributed by atoms with van der Waals surface area (Å²) in [5.41, 5.74) is 2.41. The molecule has 5 nitrogen and oxygen atoms in total. The molecule has 3 aromatic rings. The van der Waals surface area contributed by atoms with E-state index >= 15 is 0 Å². The van der Waals surface area contributed by atoms with Crippen LogP contribution in [0.3, 0.4) is 0 Å². The van der Waals surface area contributed by atoms with Gasteiger partial charge in [0.1, 0.15) is 12.1 Å². The lowest BCUT2D eigenvalue weighted by atomic mass is 10.1. The summed E-state index contributed by atoms with van der Waals surface area (Å²) in [6.07, 6.45) is 1.53. The van der Waals surface area contributed by atoms with Gasteiger partial charge in [0.2, 0.25) is 0 Å². The van der Waals surface area contributed by atoms with E-state index in [1.165, 1.54) is 12.4 Å². The maximum absolute atomic E-state index is 13.7. The van der Waals surface area contributed by atoms with Gasteiger partial charge < -0.3 is 5.32 Å². The van der Waals surface area contributed by atoms with Gasteiger partial charge in [-0.2, -0.15) is 0 Å². The molecule has 0 saturated carbocycles. The highest BCUT2D eigenvalue weighted by molar-refractivity contribution is 5.49. The third-order valence-electron chi connectivity index (χ3n) is 3.24. The Morgan fingerprint density at radius 2 is 1.86 bits per heavy atom. The molecule has 2 aromatic carbocycles. The SMILES string of the molecule is CC(Nc1ccc(-n2cnnn2)cc1)c1ccccc1F. The van der Waals surface area contributed by atoms with Gasteiger partial charge in [0.15, 0.2) is 0 Å². The summed E-state index contributed by atoms with van der Waals surface area (Å²) in [5, 5.41) is 14.3. The van der Waals surface area contributed by atoms with E-state index in [-0.39, 0.29) is 11.9 Å². The van der Waals surface area contributed by atoms with E-state index < -0.39 is 0 Å². The van der Waals surface area contributed by atoms with Crippen molar-refractivity contribution < 1.29 is 4.39 Å². The Kier molecular flexibility index (Phi) is 3.59. The topological polar surface area (TPSA) is 55.6 Å². The average molecular weight is 283 g/mol. The quantitative estimate of drug-likeness (QED) is 0.799. The predicted molar refractivity (Wildman–Crippen MR) is 77.6 cm³/mol. The lowest BCUT2D eigenvalue weighted by Crippen LogP contribution is -2.08. The number of benzene rings is 2. The highest BCUT2D eigenvalue weighted by Gasteiger charge is 2.09. The minimum atomic E-state index is -0.206. The van der Waals surface area contributed by atoms with Gasteiger partial charge in [-0.15, -0.1) is 5.10 Å². The van der Waals surface area contributed by atoms with Crippen molar-refractivity contribution in [1.29, 1.82) is 0 Å². The third kappa shape index (κ3) is 2.89. The van der Waals surface area contributed by atoms with Crippen LogP contribution < -0.4 is 5.32 Å². The molecule has 0 radical (unpaired) electrons. The molecule has 0 spiro atoms. The number of rotatable bonds is 4. The minimum absolute atomic E-state index is 0.120. The lowest BCUT2D eigenvalue weighted by Gasteiger charge is -2.16. The number of tetrazole rings is 1. The molecule has 1 unspecified atom stereocenters. The zero-order valence-corrected chi connectivity index (χ0v) is 11.4. The Balaban J connectivity index is 1.75. The third-order valence-corrected chi connectivity index (χ3v) is 3.24. The molecule has 1 aromatic heterocycles. The van der Waals surface area contributed by atoms with Gasteiger partial charge in [-0.3, -0.25) is 0 Å². The smallest absolute Gasteiger partial charge is 0.143 e. The van der Waals surface area contributed by atoms with Crippen LogP contribution >= 0.6 is 0 Å². The monoisotopic (exact) mass is 283 g/mol. The van der Waals surface area contributed by atoms with Crippen LogP contribution in [-0.2, 0) is 0 Å². The second kappa shape index (κ2) is 5.70. The molecule has 0 amide bonds. The van der Waals surface area contributed by atoms with Crippen LogP contribution in [-0.4, -0.2) is 20.2 Å². The summed E-state index contributed by atoms with van der Waals surface area (Å²) in [7, 11) is 0. The van der Waals surface area contributed by atoms with Crippen LogP contribution in [0.15, 0.2) is 54.9 Å². The molecule has 1 N–H and O–H groups in total. The van der Waals surface area contributed by atoms with E-state index in [4.69, 9.17) is 0 Å². The van der Waals surface area contributed by atoms with Gasteiger partial charge in [-0.1, -0.05) is 18.2 Å². The molecule has 1 heterocycles. The van der Waals surface area contributed by atoms with E-state index in [2.05, 4.69) is 20.8 Å². The number of nitrogens with zero attached hydrogens (tertiary/aromatic N) is 4. The van der Waals surface area contributed by atoms with Gasteiger partial charge in [0.25, 0.3) is 0 Å². The summed E-state index contributed by atoms with van der Waals surface area (Å²) >= 11 is 0. The minimum Gasteiger partial charge on any atom is -0.378 e. The van der Waals surface area contributed by atoms with Crippen molar-refractivity contribution >= 4 is 5.69 Å². The molecule has 0 aliphatic heterocycles. The lowest BCUT2D eigenvalue weighted by molar-refractivity contribution is 0.600. The molecule has 0 bridgehead atoms. The molecule has 0 aliphatic carbocycles. The molecule has 21 heavy (non-hydrogen) atoms. The van der Waals surface area contributed by atoms with E-state index in [9.17, 15) is 4.39 Å². The Labute approximate surface area is 121 Å². The van der Waals surface area contributed by atoms with Crippen molar-refractivity contribution in [3.8, 4) is 5.69 Å². The van der Waals surface area contributed by atoms with Crippen LogP contribution in [0.25, 0.3) is 5.69 Å². The second-order valence-electron chi connectivity index (χ2n) is 4.69. The molecule has 0 fully saturated rings. The van der Waals surface area contributed by atoms with Crippen molar-refractivity contribution in [2.45, 2.75) is 13.0 Å². The summed E-state index contributed by atoms with van der Waals surface area (Å²) < 4.78 is 15.3. The first kappa shape index (κ1) is 13.2. The van der Waals surface area contributed by atoms with Crippen molar-refractivity contribution in [3.05, 3.63) is 66.2 Å². The molecule has 0 saturated heterocycles. The number of hydrogen-bond acceptors (Lipinski definition) is 4. The van der Waals surface area contributed by atoms with Crippen molar-refractivity contribution in [3.63, 3.8) is 0 Å². The summed E-state index contributed by atoms with van der Waals surface area (Å²) in [4.78, 5) is 0. The van der Waals surface area contributed by atoms with Crippen LogP contribution in [0.1, 0.15) is 18.5 Å². The Morgan fingerprint density at radius 3 is 2.52 bits per heavy atom. The second-order valence-corrected chi connectivity index (χ2v) is 4.69. The fourth-order valence-corrected chi connectivity index (χ4v) is 2.14. The van der Waals surface area contributed by atoms with Gasteiger partial charge in [0.05, 0.1) is 11.7 Å². The highest BCUT2D eigenvalue weighted by Crippen LogP contribution is 2.22. The number of hydrogen-bond donors (Lipinski definition) is 1. The molecule has 6 heteroatoms. The fourth-order valence-electron chi connectivity index (χ4n) is 2.14. The number of halogens is 1. The van der Waals surface area contributed by atoms with Crippen LogP contribution in [0.5, 0.6) is 0 Å². The Hall–Kier alpha value is -2.76. The molecular weight excluding hydrogens is 269 g/mol. The normalized spacial score (nSPS) is 12.1. The first-order chi connectivity index (χ1) is 10.2. The van der Waals surface area contributed by atoms with Crippen LogP contribution in [0, 0.1) is 5.82 Å². The number of nitrogens with one attached hydrogen (secondary N) is 1. The molecule has 0 aliphatic rings. The highest BCUT2D eigenvalue weighted by atomic mass is 19.1. The Bertz CT molecular complexity index is 709. The first-order valence-corrected chi connectivity index (χ1v) is 6.58. The zero-order valence-electron chi connectivity index (χ0n) is 11.4. The molecular formula is C15H14FN5. The van der Waals surface area contributed by atoms with E-state index in [0.717, 1.165) is 11.4 Å². The molecule has 106 valence electrons. The summed E-state index contributed by atoms with van der Waals surface area (Å²) in [5.74, 6) is -0.206. The number of anilines is 1. The summed E-state index contributed by atoms with van der Waals surface area (Å²) in [6, 6.07) is 14.3. The standard InChI is InChI=1S/C15H14FN5/c1-11(14-4-2-3-5-15(14)16)18-12-6-8-13(9-7-12)21-10-17-19-20-21/h2-11,18H,1H3. The van der Waals surface area contributed by atoms with E-state index in [1.54, 1.807) is 16.8 Å². The molecule has 1 atom stereocenters. The van der Waals surface area contributed by atoms with Crippen molar-refractivity contribution in [2.75, 3.05) is 5.32 Å². The van der Waals surface area contributed by atoms with Crippen molar-refractivity contribution in [2.24, 2.45) is 0 Å². The van der Waals surface area contributed by atoms with Gasteiger partial charge >= 0.3 is 0 Å². The molecule has 3 rings (SSSR count). The predicted octanol–water partition coefficient (Wildman–Crippen LogP) is 2.97. The van der Waals surface area contributed by atoms with E-state index in [1.807, 2.05) is 37.3 Å². The van der Waals surface area contributed by atoms with E-state index in [0.29, 0.717) is 5.56 Å². The van der Waals surface area contributed by atoms with Gasteiger partial charge in [-0.05, 0) is 47.7 Å². The summed E-state index contributed by atoms with van der Waals surface area (Å²) in [6.45, 7) is 1.92. The maximum Gasteiger partial charge on any atom is 0.143 e. The maximum atomic E-state index is 13.7. The zero-order chi connectivity index (χ0) is 14.7. The van der Waals surface area contributed by atoms with Crippen molar-refractivity contribution in [1.82, 2.24) is 20.2 Å². The van der Waals surface area contributed by atoms with Crippen LogP contribution in [0.4, 0.5) is 10.1 Å². The van der Waals surface area contributed by atoms with Crippen LogP contribution in [0.2, 0.25) is 0 Å². The van der Waals surface area contributed by atoms with Gasteiger partial charge in [-0.25, -0.2) is 9.07 Å². The Morgan fingerprint density at radius 1 is 1.10 bits per heavy atom. The first-order valence-electron chi connectivity index (χ1n) is 6.58. The van der Waals surface area contributed by atoms with Gasteiger partial charge in [0, 0.05) is 11.3 Å².